The van der Waals surface area contributed by atoms with Gasteiger partial charge in [-0.25, -0.2) is 38.7 Å². The second-order valence-electron chi connectivity index (χ2n) is 15.7. The van der Waals surface area contributed by atoms with Crippen LogP contribution >= 0.6 is 0 Å². The number of para-hydroxylation sites is 4. The van der Waals surface area contributed by atoms with E-state index in [1.807, 2.05) is 109 Å². The van der Waals surface area contributed by atoms with E-state index >= 15 is 8.78 Å². The zero-order chi connectivity index (χ0) is 43.6. The maximum atomic E-state index is 16.3. The van der Waals surface area contributed by atoms with Gasteiger partial charge in [0.05, 0.1) is 44.1 Å². The molecule has 0 spiro atoms. The Balaban J connectivity index is 0.919. The summed E-state index contributed by atoms with van der Waals surface area (Å²) in [5.41, 5.74) is 11.2. The lowest BCUT2D eigenvalue weighted by Gasteiger charge is -2.10. The fourth-order valence-electron chi connectivity index (χ4n) is 9.17. The molecule has 0 aliphatic rings. The van der Waals surface area contributed by atoms with Crippen molar-refractivity contribution in [2.24, 2.45) is 0 Å². The van der Waals surface area contributed by atoms with Gasteiger partial charge in [0.1, 0.15) is 34.4 Å². The minimum atomic E-state index is -0.543. The summed E-state index contributed by atoms with van der Waals surface area (Å²) < 4.78 is 41.0. The van der Waals surface area contributed by atoms with Crippen LogP contribution in [0, 0.1) is 11.6 Å². The Morgan fingerprint density at radius 3 is 1.03 bits per heavy atom. The van der Waals surface area contributed by atoms with Crippen LogP contribution in [0.5, 0.6) is 0 Å². The molecular formula is C52H42F2N10. The Morgan fingerprint density at radius 1 is 0.344 bits per heavy atom. The zero-order valence-electron chi connectivity index (χ0n) is 35.8. The minimum absolute atomic E-state index is 0.149. The Bertz CT molecular complexity index is 3370. The number of nitrogens with zero attached hydrogens (tertiary/aromatic N) is 10. The monoisotopic (exact) mass is 844 g/mol. The van der Waals surface area contributed by atoms with Crippen molar-refractivity contribution >= 4 is 44.1 Å². The summed E-state index contributed by atoms with van der Waals surface area (Å²) in [6, 6.07) is 41.5. The maximum absolute atomic E-state index is 16.3. The highest BCUT2D eigenvalue weighted by molar-refractivity contribution is 5.89. The van der Waals surface area contributed by atoms with Crippen LogP contribution in [-0.2, 0) is 26.2 Å². The third-order valence-corrected chi connectivity index (χ3v) is 12.2. The molecule has 6 aromatic heterocycles. The van der Waals surface area contributed by atoms with Crippen LogP contribution in [0.15, 0.2) is 133 Å². The van der Waals surface area contributed by atoms with Crippen molar-refractivity contribution in [2.75, 3.05) is 0 Å². The van der Waals surface area contributed by atoms with Crippen LogP contribution < -0.4 is 0 Å². The molecule has 0 atom stereocenters. The molecule has 11 rings (SSSR count). The minimum Gasteiger partial charge on any atom is -0.323 e. The fourth-order valence-corrected chi connectivity index (χ4v) is 9.17. The van der Waals surface area contributed by atoms with Crippen molar-refractivity contribution in [3.63, 3.8) is 0 Å². The van der Waals surface area contributed by atoms with Gasteiger partial charge in [0.25, 0.3) is 0 Å². The van der Waals surface area contributed by atoms with E-state index in [4.69, 9.17) is 29.9 Å². The SMILES string of the molecule is CCn1c(-c2cccc(-c3nc4cc(-c5cc(F)c(-c6ccc7c(c6)nc(-c6cccc(-c8nc9ccccc9n8CC)n6)n7CC)cc5F)ccc4n3CC)n2)nc2ccccc21. The quantitative estimate of drug-likeness (QED) is 0.136. The van der Waals surface area contributed by atoms with E-state index in [1.54, 1.807) is 0 Å². The smallest absolute Gasteiger partial charge is 0.159 e. The van der Waals surface area contributed by atoms with Gasteiger partial charge in [-0.1, -0.05) is 48.5 Å². The largest absolute Gasteiger partial charge is 0.323 e. The van der Waals surface area contributed by atoms with Gasteiger partial charge in [-0.15, -0.1) is 0 Å². The lowest BCUT2D eigenvalue weighted by atomic mass is 9.98. The number of pyridine rings is 2. The molecule has 0 saturated heterocycles. The first-order chi connectivity index (χ1) is 31.3. The first kappa shape index (κ1) is 39.0. The molecule has 0 amide bonds. The van der Waals surface area contributed by atoms with Gasteiger partial charge < -0.3 is 18.3 Å². The van der Waals surface area contributed by atoms with Crippen LogP contribution in [0.4, 0.5) is 8.78 Å². The summed E-state index contributed by atoms with van der Waals surface area (Å²) in [6.45, 7) is 11.1. The van der Waals surface area contributed by atoms with Gasteiger partial charge in [-0.2, -0.15) is 0 Å². The topological polar surface area (TPSA) is 97.1 Å². The van der Waals surface area contributed by atoms with Crippen molar-refractivity contribution in [3.8, 4) is 68.3 Å². The van der Waals surface area contributed by atoms with Crippen molar-refractivity contribution in [2.45, 2.75) is 53.9 Å². The normalized spacial score (nSPS) is 11.8. The van der Waals surface area contributed by atoms with Crippen LogP contribution in [0.3, 0.4) is 0 Å². The molecule has 10 nitrogen and oxygen atoms in total. The van der Waals surface area contributed by atoms with E-state index in [0.717, 1.165) is 69.2 Å². The number of rotatable bonds is 10. The third-order valence-electron chi connectivity index (χ3n) is 12.2. The molecule has 12 heteroatoms. The molecule has 0 unspecified atom stereocenters. The average molecular weight is 845 g/mol. The Morgan fingerprint density at radius 2 is 0.672 bits per heavy atom. The average Bonchev–Trinajstić information content (AvgIpc) is 4.11. The van der Waals surface area contributed by atoms with Gasteiger partial charge in [-0.05, 0) is 124 Å². The number of hydrogen-bond acceptors (Lipinski definition) is 6. The molecule has 0 N–H and O–H groups in total. The fraction of sp³-hybridized carbons (Fsp3) is 0.154. The van der Waals surface area contributed by atoms with E-state index in [2.05, 4.69) is 58.1 Å². The molecule has 314 valence electrons. The predicted molar refractivity (Wildman–Crippen MR) is 250 cm³/mol. The standard InChI is InChI=1S/C52H42F2N10/c1-5-61-45-21-11-9-15-37(45)57-49(61)39-17-13-19-41(55-39)51-59-43-27-31(23-25-47(43)63(51)7-3)33-29-36(54)34(30-35(33)53)32-24-26-48-44(28-32)60-52(64(48)8-4)42-20-14-18-40(56-42)50-58-38-16-10-12-22-46(38)62(50)6-2/h9-30H,5-8H2,1-4H3. The van der Waals surface area contributed by atoms with Gasteiger partial charge in [0, 0.05) is 37.3 Å². The Kier molecular flexibility index (Phi) is 9.45. The number of benzene rings is 5. The van der Waals surface area contributed by atoms with Crippen molar-refractivity contribution in [1.29, 1.82) is 0 Å². The van der Waals surface area contributed by atoms with Gasteiger partial charge in [0.2, 0.25) is 0 Å². The Labute approximate surface area is 367 Å². The second-order valence-corrected chi connectivity index (χ2v) is 15.7. The summed E-state index contributed by atoms with van der Waals surface area (Å²) in [6.07, 6.45) is 0. The first-order valence-corrected chi connectivity index (χ1v) is 21.7. The summed E-state index contributed by atoms with van der Waals surface area (Å²) in [4.78, 5) is 30.0. The molecule has 64 heavy (non-hydrogen) atoms. The lowest BCUT2D eigenvalue weighted by molar-refractivity contribution is 0.606. The third kappa shape index (κ3) is 6.27. The molecular weight excluding hydrogens is 803 g/mol. The molecule has 5 aromatic carbocycles. The second kappa shape index (κ2) is 15.5. The molecule has 0 fully saturated rings. The van der Waals surface area contributed by atoms with Crippen molar-refractivity contribution in [3.05, 3.63) is 145 Å². The molecule has 0 aliphatic carbocycles. The summed E-state index contributed by atoms with van der Waals surface area (Å²) >= 11 is 0. The van der Waals surface area contributed by atoms with Crippen molar-refractivity contribution < 1.29 is 8.78 Å². The van der Waals surface area contributed by atoms with E-state index in [0.29, 0.717) is 58.3 Å². The van der Waals surface area contributed by atoms with E-state index in [-0.39, 0.29) is 11.1 Å². The summed E-state index contributed by atoms with van der Waals surface area (Å²) in [7, 11) is 0. The first-order valence-electron chi connectivity index (χ1n) is 21.7. The number of fused-ring (bicyclic) bond motifs is 4. The summed E-state index contributed by atoms with van der Waals surface area (Å²) in [5.74, 6) is 1.86. The number of halogens is 2. The number of aryl methyl sites for hydroxylation is 4. The Hall–Kier alpha value is -7.86. The molecule has 0 aliphatic heterocycles. The maximum Gasteiger partial charge on any atom is 0.159 e. The van der Waals surface area contributed by atoms with Gasteiger partial charge >= 0.3 is 0 Å². The van der Waals surface area contributed by atoms with E-state index in [9.17, 15) is 0 Å². The highest BCUT2D eigenvalue weighted by atomic mass is 19.1. The molecule has 11 aromatic rings. The highest BCUT2D eigenvalue weighted by Crippen LogP contribution is 2.36. The van der Waals surface area contributed by atoms with Crippen LogP contribution in [0.2, 0.25) is 0 Å². The van der Waals surface area contributed by atoms with Crippen LogP contribution in [0.1, 0.15) is 27.7 Å². The number of aromatic nitrogens is 10. The van der Waals surface area contributed by atoms with Crippen LogP contribution in [-0.4, -0.2) is 48.2 Å². The molecule has 0 saturated carbocycles. The molecule has 0 bridgehead atoms. The number of imidazole rings is 4. The van der Waals surface area contributed by atoms with Crippen molar-refractivity contribution in [1.82, 2.24) is 48.2 Å². The highest BCUT2D eigenvalue weighted by Gasteiger charge is 2.21. The summed E-state index contributed by atoms with van der Waals surface area (Å²) in [5, 5.41) is 0. The predicted octanol–water partition coefficient (Wildman–Crippen LogP) is 12.2. The zero-order valence-corrected chi connectivity index (χ0v) is 35.8. The lowest BCUT2D eigenvalue weighted by Crippen LogP contribution is -2.02. The van der Waals surface area contributed by atoms with E-state index < -0.39 is 11.6 Å². The van der Waals surface area contributed by atoms with E-state index in [1.165, 1.54) is 12.1 Å². The van der Waals surface area contributed by atoms with Gasteiger partial charge in [0.15, 0.2) is 23.3 Å². The number of hydrogen-bond donors (Lipinski definition) is 0. The van der Waals surface area contributed by atoms with Gasteiger partial charge in [-0.3, -0.25) is 0 Å². The molecule has 0 radical (unpaired) electrons. The van der Waals surface area contributed by atoms with Crippen LogP contribution in [0.25, 0.3) is 112 Å². The molecule has 6 heterocycles.